The predicted octanol–water partition coefficient (Wildman–Crippen LogP) is 4.67. The zero-order chi connectivity index (χ0) is 12.9. The van der Waals surface area contributed by atoms with Crippen molar-refractivity contribution in [3.05, 3.63) is 20.8 Å². The smallest absolute Gasteiger partial charge is 0.0327 e. The highest BCUT2D eigenvalue weighted by molar-refractivity contribution is 9.10. The highest BCUT2D eigenvalue weighted by Crippen LogP contribution is 2.61. The van der Waals surface area contributed by atoms with Gasteiger partial charge in [-0.05, 0) is 63.4 Å². The van der Waals surface area contributed by atoms with Gasteiger partial charge < -0.3 is 5.32 Å². The monoisotopic (exact) mass is 327 g/mol. The molecular formula is C15H22BrNS. The first-order valence-corrected chi connectivity index (χ1v) is 8.62. The van der Waals surface area contributed by atoms with Gasteiger partial charge in [-0.2, -0.15) is 0 Å². The van der Waals surface area contributed by atoms with E-state index in [9.17, 15) is 0 Å². The predicted molar refractivity (Wildman–Crippen MR) is 81.8 cm³/mol. The Bertz CT molecular complexity index is 439. The molecule has 1 aromatic heterocycles. The van der Waals surface area contributed by atoms with Crippen molar-refractivity contribution in [2.24, 2.45) is 23.2 Å². The van der Waals surface area contributed by atoms with E-state index in [0.29, 0.717) is 5.41 Å². The fourth-order valence-corrected chi connectivity index (χ4v) is 5.54. The van der Waals surface area contributed by atoms with Gasteiger partial charge in [0.15, 0.2) is 0 Å². The molecular weight excluding hydrogens is 306 g/mol. The average molecular weight is 328 g/mol. The molecule has 4 atom stereocenters. The average Bonchev–Trinajstić information content (AvgIpc) is 2.73. The molecule has 0 spiro atoms. The lowest BCUT2D eigenvalue weighted by atomic mass is 9.45. The van der Waals surface area contributed by atoms with E-state index in [1.807, 2.05) is 11.3 Å². The summed E-state index contributed by atoms with van der Waals surface area (Å²) in [5.74, 6) is 2.70. The van der Waals surface area contributed by atoms with Gasteiger partial charge in [0.2, 0.25) is 0 Å². The minimum absolute atomic E-state index is 0.598. The molecule has 3 saturated carbocycles. The third-order valence-corrected chi connectivity index (χ3v) is 7.50. The van der Waals surface area contributed by atoms with Crippen LogP contribution in [-0.4, -0.2) is 6.04 Å². The molecule has 1 aromatic rings. The lowest BCUT2D eigenvalue weighted by molar-refractivity contribution is -0.115. The lowest BCUT2D eigenvalue weighted by Crippen LogP contribution is -2.59. The van der Waals surface area contributed by atoms with Gasteiger partial charge in [0.1, 0.15) is 0 Å². The molecule has 18 heavy (non-hydrogen) atoms. The van der Waals surface area contributed by atoms with Crippen LogP contribution in [0.15, 0.2) is 15.9 Å². The maximum atomic E-state index is 3.79. The van der Waals surface area contributed by atoms with Gasteiger partial charge in [-0.1, -0.05) is 20.8 Å². The SMILES string of the molecule is C[C@@H]1[C@H]2CC(C[C@H]1NCc1sccc1Br)C2(C)C. The van der Waals surface area contributed by atoms with E-state index in [1.54, 1.807) is 0 Å². The molecule has 0 aromatic carbocycles. The fourth-order valence-electron chi connectivity index (χ4n) is 4.09. The summed E-state index contributed by atoms with van der Waals surface area (Å²) < 4.78 is 1.26. The molecule has 1 unspecified atom stereocenters. The van der Waals surface area contributed by atoms with E-state index in [0.717, 1.165) is 30.3 Å². The maximum absolute atomic E-state index is 3.79. The normalized spacial score (nSPS) is 37.3. The second-order valence-electron chi connectivity index (χ2n) is 6.63. The Morgan fingerprint density at radius 3 is 2.78 bits per heavy atom. The molecule has 0 saturated heterocycles. The molecule has 3 fully saturated rings. The summed E-state index contributed by atoms with van der Waals surface area (Å²) >= 11 is 5.46. The van der Waals surface area contributed by atoms with Gasteiger partial charge >= 0.3 is 0 Å². The van der Waals surface area contributed by atoms with Crippen molar-refractivity contribution in [2.75, 3.05) is 0 Å². The highest BCUT2D eigenvalue weighted by Gasteiger charge is 2.55. The molecule has 3 aliphatic carbocycles. The summed E-state index contributed by atoms with van der Waals surface area (Å²) in [5.41, 5.74) is 0.598. The largest absolute Gasteiger partial charge is 0.309 e. The molecule has 1 heterocycles. The number of hydrogen-bond donors (Lipinski definition) is 1. The Kier molecular flexibility index (Phi) is 3.36. The van der Waals surface area contributed by atoms with E-state index in [1.165, 1.54) is 22.2 Å². The molecule has 3 heteroatoms. The van der Waals surface area contributed by atoms with Crippen LogP contribution in [0.1, 0.15) is 38.5 Å². The van der Waals surface area contributed by atoms with Crippen LogP contribution in [0, 0.1) is 23.2 Å². The topological polar surface area (TPSA) is 12.0 Å². The van der Waals surface area contributed by atoms with E-state index < -0.39 is 0 Å². The van der Waals surface area contributed by atoms with Crippen LogP contribution in [-0.2, 0) is 6.54 Å². The number of hydrogen-bond acceptors (Lipinski definition) is 2. The van der Waals surface area contributed by atoms with E-state index in [2.05, 4.69) is 53.5 Å². The molecule has 0 amide bonds. The molecule has 100 valence electrons. The lowest BCUT2D eigenvalue weighted by Gasteiger charge is -2.62. The van der Waals surface area contributed by atoms with Crippen LogP contribution in [0.4, 0.5) is 0 Å². The van der Waals surface area contributed by atoms with Gasteiger partial charge in [-0.15, -0.1) is 11.3 Å². The van der Waals surface area contributed by atoms with E-state index in [4.69, 9.17) is 0 Å². The molecule has 2 bridgehead atoms. The Balaban J connectivity index is 1.61. The van der Waals surface area contributed by atoms with Crippen molar-refractivity contribution in [3.8, 4) is 0 Å². The maximum Gasteiger partial charge on any atom is 0.0327 e. The van der Waals surface area contributed by atoms with Crippen molar-refractivity contribution in [1.82, 2.24) is 5.32 Å². The van der Waals surface area contributed by atoms with Crippen LogP contribution in [0.5, 0.6) is 0 Å². The van der Waals surface area contributed by atoms with Crippen molar-refractivity contribution < 1.29 is 0 Å². The van der Waals surface area contributed by atoms with Gasteiger partial charge in [0, 0.05) is 21.9 Å². The first-order valence-electron chi connectivity index (χ1n) is 6.95. The van der Waals surface area contributed by atoms with Crippen LogP contribution < -0.4 is 5.32 Å². The minimum atomic E-state index is 0.598. The number of fused-ring (bicyclic) bond motifs is 2. The second kappa shape index (κ2) is 4.60. The van der Waals surface area contributed by atoms with Crippen molar-refractivity contribution in [3.63, 3.8) is 0 Å². The molecule has 0 aliphatic heterocycles. The van der Waals surface area contributed by atoms with Gasteiger partial charge in [-0.3, -0.25) is 0 Å². The standard InChI is InChI=1S/C15H22BrNS/c1-9-11-6-10(15(11,2)3)7-13(9)17-8-14-12(16)4-5-18-14/h4-5,9-11,13,17H,6-8H2,1-3H3/t9-,10?,11-,13-/m1/s1. The molecule has 3 aliphatic rings. The Morgan fingerprint density at radius 2 is 2.22 bits per heavy atom. The van der Waals surface area contributed by atoms with Crippen molar-refractivity contribution in [2.45, 2.75) is 46.2 Å². The first kappa shape index (κ1) is 13.1. The number of thiophene rings is 1. The molecule has 0 radical (unpaired) electrons. The summed E-state index contributed by atoms with van der Waals surface area (Å²) in [7, 11) is 0. The second-order valence-corrected chi connectivity index (χ2v) is 8.49. The van der Waals surface area contributed by atoms with Crippen LogP contribution in [0.3, 0.4) is 0 Å². The Labute approximate surface area is 122 Å². The van der Waals surface area contributed by atoms with Crippen LogP contribution in [0.2, 0.25) is 0 Å². The van der Waals surface area contributed by atoms with Crippen molar-refractivity contribution >= 4 is 27.3 Å². The zero-order valence-electron chi connectivity index (χ0n) is 11.4. The van der Waals surface area contributed by atoms with Gasteiger partial charge in [0.25, 0.3) is 0 Å². The first-order chi connectivity index (χ1) is 8.50. The highest BCUT2D eigenvalue weighted by atomic mass is 79.9. The number of halogens is 1. The van der Waals surface area contributed by atoms with Gasteiger partial charge in [0.05, 0.1) is 0 Å². The van der Waals surface area contributed by atoms with Crippen molar-refractivity contribution in [1.29, 1.82) is 0 Å². The summed E-state index contributed by atoms with van der Waals surface area (Å²) in [6.45, 7) is 8.40. The molecule has 1 nitrogen and oxygen atoms in total. The van der Waals surface area contributed by atoms with E-state index >= 15 is 0 Å². The molecule has 1 N–H and O–H groups in total. The summed E-state index contributed by atoms with van der Waals surface area (Å²) in [5, 5.41) is 5.95. The Hall–Kier alpha value is 0.140. The summed E-state index contributed by atoms with van der Waals surface area (Å²) in [4.78, 5) is 1.43. The zero-order valence-corrected chi connectivity index (χ0v) is 13.8. The third kappa shape index (κ3) is 1.99. The minimum Gasteiger partial charge on any atom is -0.309 e. The van der Waals surface area contributed by atoms with Gasteiger partial charge in [-0.25, -0.2) is 0 Å². The number of rotatable bonds is 3. The Morgan fingerprint density at radius 1 is 1.44 bits per heavy atom. The fraction of sp³-hybridized carbons (Fsp3) is 0.733. The summed E-state index contributed by atoms with van der Waals surface area (Å²) in [6.07, 6.45) is 2.84. The quantitative estimate of drug-likeness (QED) is 0.850. The summed E-state index contributed by atoms with van der Waals surface area (Å²) in [6, 6.07) is 2.86. The van der Waals surface area contributed by atoms with E-state index in [-0.39, 0.29) is 0 Å². The van der Waals surface area contributed by atoms with Crippen LogP contribution >= 0.6 is 27.3 Å². The molecule has 4 rings (SSSR count). The number of nitrogens with one attached hydrogen (secondary N) is 1. The van der Waals surface area contributed by atoms with Crippen LogP contribution in [0.25, 0.3) is 0 Å². The third-order valence-electron chi connectivity index (χ3n) is 5.57.